The Labute approximate surface area is 88.8 Å². The maximum absolute atomic E-state index is 5.88. The number of hydrogen-bond acceptors (Lipinski definition) is 3. The van der Waals surface area contributed by atoms with Crippen LogP contribution in [0.25, 0.3) is 11.3 Å². The molecule has 0 fully saturated rings. The molecule has 15 heavy (non-hydrogen) atoms. The first-order chi connectivity index (χ1) is 7.20. The number of nitrogen functional groups attached to an aromatic ring is 1. The Hall–Kier alpha value is -1.84. The normalized spacial score (nSPS) is 10.9. The van der Waals surface area contributed by atoms with Gasteiger partial charge in [0.05, 0.1) is 17.6 Å². The van der Waals surface area contributed by atoms with Gasteiger partial charge >= 0.3 is 0 Å². The van der Waals surface area contributed by atoms with E-state index in [2.05, 4.69) is 23.9 Å². The number of nitrogens with two attached hydrogens (primary N) is 1. The van der Waals surface area contributed by atoms with E-state index in [1.807, 2.05) is 16.8 Å². The standard InChI is InChI=1S/C11H14N4/c1-8(2)15-11(4-6-14-15)9-3-5-13-7-10(9)12/h3-8H,12H2,1-2H3. The number of rotatable bonds is 2. The Balaban J connectivity index is 2.55. The first-order valence-electron chi connectivity index (χ1n) is 4.93. The third-order valence-electron chi connectivity index (χ3n) is 2.29. The van der Waals surface area contributed by atoms with Crippen molar-refractivity contribution in [1.29, 1.82) is 0 Å². The molecule has 0 bridgehead atoms. The molecule has 2 aromatic heterocycles. The van der Waals surface area contributed by atoms with Gasteiger partial charge in [-0.25, -0.2) is 0 Å². The molecule has 0 unspecified atom stereocenters. The molecule has 0 aliphatic rings. The molecule has 0 aliphatic heterocycles. The van der Waals surface area contributed by atoms with Gasteiger partial charge in [-0.05, 0) is 26.0 Å². The molecule has 0 saturated carbocycles. The van der Waals surface area contributed by atoms with E-state index >= 15 is 0 Å². The second-order valence-corrected chi connectivity index (χ2v) is 3.72. The number of nitrogens with zero attached hydrogens (tertiary/aromatic N) is 3. The average molecular weight is 202 g/mol. The quantitative estimate of drug-likeness (QED) is 0.811. The van der Waals surface area contributed by atoms with Gasteiger partial charge in [0.25, 0.3) is 0 Å². The Kier molecular flexibility index (Phi) is 2.41. The van der Waals surface area contributed by atoms with Crippen LogP contribution in [-0.2, 0) is 0 Å². The summed E-state index contributed by atoms with van der Waals surface area (Å²) in [4.78, 5) is 3.97. The fourth-order valence-corrected chi connectivity index (χ4v) is 1.58. The van der Waals surface area contributed by atoms with Crippen molar-refractivity contribution < 1.29 is 0 Å². The molecule has 0 aromatic carbocycles. The Bertz CT molecular complexity index is 459. The fourth-order valence-electron chi connectivity index (χ4n) is 1.58. The zero-order chi connectivity index (χ0) is 10.8. The lowest BCUT2D eigenvalue weighted by Gasteiger charge is -2.11. The summed E-state index contributed by atoms with van der Waals surface area (Å²) in [5, 5.41) is 4.27. The van der Waals surface area contributed by atoms with Crippen molar-refractivity contribution in [3.8, 4) is 11.3 Å². The molecule has 2 aromatic rings. The molecule has 2 rings (SSSR count). The minimum absolute atomic E-state index is 0.322. The number of aromatic nitrogens is 3. The first-order valence-corrected chi connectivity index (χ1v) is 4.93. The van der Waals surface area contributed by atoms with Crippen LogP contribution in [-0.4, -0.2) is 14.8 Å². The average Bonchev–Trinajstić information content (AvgIpc) is 2.67. The van der Waals surface area contributed by atoms with Gasteiger partial charge in [-0.15, -0.1) is 0 Å². The van der Waals surface area contributed by atoms with Crippen molar-refractivity contribution in [2.75, 3.05) is 5.73 Å². The van der Waals surface area contributed by atoms with Crippen LogP contribution in [0.3, 0.4) is 0 Å². The Morgan fingerprint density at radius 2 is 2.07 bits per heavy atom. The number of pyridine rings is 1. The van der Waals surface area contributed by atoms with Crippen LogP contribution >= 0.6 is 0 Å². The lowest BCUT2D eigenvalue weighted by Crippen LogP contribution is -2.05. The molecule has 0 amide bonds. The molecule has 4 nitrogen and oxygen atoms in total. The van der Waals surface area contributed by atoms with Gasteiger partial charge in [-0.2, -0.15) is 5.10 Å². The minimum Gasteiger partial charge on any atom is -0.397 e. The lowest BCUT2D eigenvalue weighted by atomic mass is 10.1. The summed E-state index contributed by atoms with van der Waals surface area (Å²) in [6, 6.07) is 4.19. The highest BCUT2D eigenvalue weighted by molar-refractivity contribution is 5.72. The summed E-state index contributed by atoms with van der Waals surface area (Å²) in [5.41, 5.74) is 8.57. The van der Waals surface area contributed by atoms with Gasteiger partial charge in [0, 0.05) is 24.0 Å². The van der Waals surface area contributed by atoms with Gasteiger partial charge in [-0.1, -0.05) is 0 Å². The van der Waals surface area contributed by atoms with Crippen molar-refractivity contribution in [3.63, 3.8) is 0 Å². The molecule has 0 aliphatic carbocycles. The minimum atomic E-state index is 0.322. The number of hydrogen-bond donors (Lipinski definition) is 1. The molecular weight excluding hydrogens is 188 g/mol. The topological polar surface area (TPSA) is 56.7 Å². The van der Waals surface area contributed by atoms with E-state index in [-0.39, 0.29) is 0 Å². The molecule has 2 N–H and O–H groups in total. The summed E-state index contributed by atoms with van der Waals surface area (Å²) in [5.74, 6) is 0. The van der Waals surface area contributed by atoms with Crippen LogP contribution in [0.4, 0.5) is 5.69 Å². The van der Waals surface area contributed by atoms with Gasteiger partial charge < -0.3 is 5.73 Å². The maximum Gasteiger partial charge on any atom is 0.0707 e. The van der Waals surface area contributed by atoms with Gasteiger partial charge in [0.1, 0.15) is 0 Å². The van der Waals surface area contributed by atoms with Crippen molar-refractivity contribution in [3.05, 3.63) is 30.7 Å². The van der Waals surface area contributed by atoms with Crippen LogP contribution in [0, 0.1) is 0 Å². The molecule has 0 atom stereocenters. The Morgan fingerprint density at radius 3 is 2.73 bits per heavy atom. The summed E-state index contributed by atoms with van der Waals surface area (Å²) in [6.45, 7) is 4.18. The summed E-state index contributed by atoms with van der Waals surface area (Å²) < 4.78 is 1.95. The highest BCUT2D eigenvalue weighted by Crippen LogP contribution is 2.26. The van der Waals surface area contributed by atoms with Crippen molar-refractivity contribution in [2.24, 2.45) is 0 Å². The van der Waals surface area contributed by atoms with Crippen molar-refractivity contribution >= 4 is 5.69 Å². The van der Waals surface area contributed by atoms with Crippen LogP contribution in [0.1, 0.15) is 19.9 Å². The third-order valence-corrected chi connectivity index (χ3v) is 2.29. The zero-order valence-electron chi connectivity index (χ0n) is 8.88. The van der Waals surface area contributed by atoms with E-state index in [1.165, 1.54) is 0 Å². The largest absolute Gasteiger partial charge is 0.397 e. The molecule has 2 heterocycles. The van der Waals surface area contributed by atoms with E-state index in [9.17, 15) is 0 Å². The predicted molar refractivity (Wildman–Crippen MR) is 60.3 cm³/mol. The van der Waals surface area contributed by atoms with E-state index in [0.717, 1.165) is 11.3 Å². The van der Waals surface area contributed by atoms with Gasteiger partial charge in [0.2, 0.25) is 0 Å². The third kappa shape index (κ3) is 1.70. The monoisotopic (exact) mass is 202 g/mol. The smallest absolute Gasteiger partial charge is 0.0707 e. The molecule has 4 heteroatoms. The van der Waals surface area contributed by atoms with Crippen LogP contribution in [0.2, 0.25) is 0 Å². The summed E-state index contributed by atoms with van der Waals surface area (Å²) >= 11 is 0. The van der Waals surface area contributed by atoms with Crippen LogP contribution in [0.15, 0.2) is 30.7 Å². The highest BCUT2D eigenvalue weighted by Gasteiger charge is 2.10. The van der Waals surface area contributed by atoms with Crippen molar-refractivity contribution in [2.45, 2.75) is 19.9 Å². The summed E-state index contributed by atoms with van der Waals surface area (Å²) in [7, 11) is 0. The first kappa shape index (κ1) is 9.71. The molecular formula is C11H14N4. The summed E-state index contributed by atoms with van der Waals surface area (Å²) in [6.07, 6.45) is 5.19. The van der Waals surface area contributed by atoms with Gasteiger partial charge in [-0.3, -0.25) is 9.67 Å². The van der Waals surface area contributed by atoms with E-state index in [0.29, 0.717) is 11.7 Å². The van der Waals surface area contributed by atoms with Gasteiger partial charge in [0.15, 0.2) is 0 Å². The maximum atomic E-state index is 5.88. The zero-order valence-corrected chi connectivity index (χ0v) is 8.88. The second kappa shape index (κ2) is 3.73. The van der Waals surface area contributed by atoms with Crippen molar-refractivity contribution in [1.82, 2.24) is 14.8 Å². The Morgan fingerprint density at radius 1 is 1.27 bits per heavy atom. The molecule has 0 spiro atoms. The predicted octanol–water partition coefficient (Wildman–Crippen LogP) is 2.11. The number of anilines is 1. The highest BCUT2D eigenvalue weighted by atomic mass is 15.3. The van der Waals surface area contributed by atoms with E-state index in [4.69, 9.17) is 5.73 Å². The van der Waals surface area contributed by atoms with Crippen LogP contribution < -0.4 is 5.73 Å². The molecule has 78 valence electrons. The van der Waals surface area contributed by atoms with E-state index < -0.39 is 0 Å². The fraction of sp³-hybridized carbons (Fsp3) is 0.273. The van der Waals surface area contributed by atoms with E-state index in [1.54, 1.807) is 18.6 Å². The SMILES string of the molecule is CC(C)n1nccc1-c1ccncc1N. The van der Waals surface area contributed by atoms with Crippen LogP contribution in [0.5, 0.6) is 0 Å². The second-order valence-electron chi connectivity index (χ2n) is 3.72. The molecule has 0 saturated heterocycles. The lowest BCUT2D eigenvalue weighted by molar-refractivity contribution is 0.538. The molecule has 0 radical (unpaired) electrons.